The smallest absolute Gasteiger partial charge is 0.139 e. The Morgan fingerprint density at radius 2 is 2.15 bits per heavy atom. The molecule has 0 radical (unpaired) electrons. The Kier molecular flexibility index (Phi) is 2.79. The van der Waals surface area contributed by atoms with E-state index in [-0.39, 0.29) is 0 Å². The molecule has 2 aromatic rings. The van der Waals surface area contributed by atoms with Crippen LogP contribution in [0.15, 0.2) is 4.99 Å². The maximum atomic E-state index is 6.35. The minimum absolute atomic E-state index is 0.754. The van der Waals surface area contributed by atoms with E-state index >= 15 is 0 Å². The Morgan fingerprint density at radius 3 is 2.90 bits per heavy atom. The first-order chi connectivity index (χ1) is 9.65. The lowest BCUT2D eigenvalue weighted by atomic mass is 10.1. The fourth-order valence-corrected chi connectivity index (χ4v) is 4.19. The van der Waals surface area contributed by atoms with E-state index in [2.05, 4.69) is 22.2 Å². The summed E-state index contributed by atoms with van der Waals surface area (Å²) in [5.41, 5.74) is 3.36. The number of aliphatic imine (C=N–C) groups is 1. The molecule has 1 N–H and O–H groups in total. The van der Waals surface area contributed by atoms with Crippen LogP contribution in [0.4, 0.5) is 0 Å². The van der Waals surface area contributed by atoms with E-state index in [9.17, 15) is 0 Å². The highest BCUT2D eigenvalue weighted by atomic mass is 35.5. The first kappa shape index (κ1) is 12.6. The van der Waals surface area contributed by atoms with Crippen LogP contribution in [-0.4, -0.2) is 17.4 Å². The number of aromatic nitrogens is 1. The van der Waals surface area contributed by atoms with Gasteiger partial charge < -0.3 is 5.32 Å². The molecule has 1 aliphatic heterocycles. The molecule has 0 amide bonds. The maximum absolute atomic E-state index is 6.35. The van der Waals surface area contributed by atoms with Gasteiger partial charge in [0.1, 0.15) is 10.7 Å². The van der Waals surface area contributed by atoms with Crippen molar-refractivity contribution in [2.45, 2.75) is 33.2 Å². The highest BCUT2D eigenvalue weighted by Crippen LogP contribution is 2.39. The molecule has 2 aliphatic rings. The molecule has 0 atom stereocenters. The number of hydrogen-bond donors (Lipinski definition) is 1. The van der Waals surface area contributed by atoms with Crippen molar-refractivity contribution in [3.63, 3.8) is 0 Å². The third-order valence-electron chi connectivity index (χ3n) is 4.15. The number of nitrogens with one attached hydrogen (secondary N) is 1. The fraction of sp³-hybridized carbons (Fsp3) is 0.467. The molecule has 1 aliphatic carbocycles. The van der Waals surface area contributed by atoms with Gasteiger partial charge in [0.25, 0.3) is 0 Å². The summed E-state index contributed by atoms with van der Waals surface area (Å²) >= 11 is 8.09. The van der Waals surface area contributed by atoms with Crippen LogP contribution in [0.1, 0.15) is 34.5 Å². The number of rotatable bonds is 2. The van der Waals surface area contributed by atoms with E-state index in [1.165, 1.54) is 28.7 Å². The van der Waals surface area contributed by atoms with Crippen LogP contribution >= 0.6 is 22.9 Å². The van der Waals surface area contributed by atoms with E-state index in [1.54, 1.807) is 11.3 Å². The van der Waals surface area contributed by atoms with E-state index < -0.39 is 0 Å². The Hall–Kier alpha value is -1.13. The highest BCUT2D eigenvalue weighted by Gasteiger charge is 2.27. The van der Waals surface area contributed by atoms with Gasteiger partial charge in [-0.25, -0.2) is 4.98 Å². The Labute approximate surface area is 127 Å². The Balaban J connectivity index is 1.78. The fourth-order valence-electron chi connectivity index (χ4n) is 2.77. The van der Waals surface area contributed by atoms with Crippen molar-refractivity contribution >= 4 is 39.0 Å². The SMILES string of the molecule is Cc1nc2sc3c(c2c(C)c1Cl)CN=C3NCC1CC1. The Bertz CT molecular complexity index is 743. The van der Waals surface area contributed by atoms with E-state index in [4.69, 9.17) is 11.6 Å². The monoisotopic (exact) mass is 305 g/mol. The van der Waals surface area contributed by atoms with Crippen molar-refractivity contribution in [1.82, 2.24) is 10.3 Å². The number of nitrogens with zero attached hydrogens (tertiary/aromatic N) is 2. The van der Waals surface area contributed by atoms with Crippen molar-refractivity contribution in [1.29, 1.82) is 0 Å². The minimum atomic E-state index is 0.754. The number of fused-ring (bicyclic) bond motifs is 3. The summed E-state index contributed by atoms with van der Waals surface area (Å²) < 4.78 is 0. The third-order valence-corrected chi connectivity index (χ3v) is 5.83. The highest BCUT2D eigenvalue weighted by molar-refractivity contribution is 7.20. The number of amidine groups is 1. The molecule has 0 unspecified atom stereocenters. The summed E-state index contributed by atoms with van der Waals surface area (Å²) in [6, 6.07) is 0. The third kappa shape index (κ3) is 1.85. The summed E-state index contributed by atoms with van der Waals surface area (Å²) in [6.07, 6.45) is 2.71. The number of halogens is 1. The van der Waals surface area contributed by atoms with Crippen molar-refractivity contribution in [2.24, 2.45) is 10.9 Å². The van der Waals surface area contributed by atoms with Gasteiger partial charge in [-0.3, -0.25) is 4.99 Å². The predicted octanol–water partition coefficient (Wildman–Crippen LogP) is 3.83. The second kappa shape index (κ2) is 4.43. The second-order valence-electron chi connectivity index (χ2n) is 5.72. The van der Waals surface area contributed by atoms with Gasteiger partial charge in [0.05, 0.1) is 22.1 Å². The quantitative estimate of drug-likeness (QED) is 0.915. The average molecular weight is 306 g/mol. The van der Waals surface area contributed by atoms with Crippen molar-refractivity contribution < 1.29 is 0 Å². The normalized spacial score (nSPS) is 17.4. The number of aryl methyl sites for hydroxylation is 2. The van der Waals surface area contributed by atoms with Crippen LogP contribution in [0.5, 0.6) is 0 Å². The molecular formula is C15H16ClN3S. The number of pyridine rings is 1. The summed E-state index contributed by atoms with van der Waals surface area (Å²) in [5.74, 6) is 1.91. The maximum Gasteiger partial charge on any atom is 0.139 e. The van der Waals surface area contributed by atoms with Crippen LogP contribution in [0.2, 0.25) is 5.02 Å². The molecule has 3 heterocycles. The zero-order valence-corrected chi connectivity index (χ0v) is 13.2. The lowest BCUT2D eigenvalue weighted by Gasteiger charge is -2.04. The molecule has 0 bridgehead atoms. The van der Waals surface area contributed by atoms with Gasteiger partial charge in [0.15, 0.2) is 0 Å². The molecule has 104 valence electrons. The lowest BCUT2D eigenvalue weighted by Crippen LogP contribution is -2.24. The molecule has 5 heteroatoms. The van der Waals surface area contributed by atoms with Crippen LogP contribution < -0.4 is 5.32 Å². The number of thiophene rings is 1. The van der Waals surface area contributed by atoms with Crippen LogP contribution in [-0.2, 0) is 6.54 Å². The molecule has 0 spiro atoms. The summed E-state index contributed by atoms with van der Waals surface area (Å²) in [6.45, 7) is 5.87. The van der Waals surface area contributed by atoms with Gasteiger partial charge >= 0.3 is 0 Å². The molecule has 20 heavy (non-hydrogen) atoms. The summed E-state index contributed by atoms with van der Waals surface area (Å²) in [5, 5.41) is 5.51. The largest absolute Gasteiger partial charge is 0.369 e. The molecule has 0 aromatic carbocycles. The zero-order chi connectivity index (χ0) is 13.9. The van der Waals surface area contributed by atoms with Gasteiger partial charge in [0.2, 0.25) is 0 Å². The van der Waals surface area contributed by atoms with Crippen LogP contribution in [0, 0.1) is 19.8 Å². The zero-order valence-electron chi connectivity index (χ0n) is 11.6. The second-order valence-corrected chi connectivity index (χ2v) is 7.09. The summed E-state index contributed by atoms with van der Waals surface area (Å²) in [7, 11) is 0. The van der Waals surface area contributed by atoms with Gasteiger partial charge in [-0.15, -0.1) is 11.3 Å². The molecule has 1 fully saturated rings. The van der Waals surface area contributed by atoms with Gasteiger partial charge in [-0.05, 0) is 38.2 Å². The minimum Gasteiger partial charge on any atom is -0.369 e. The molecular weight excluding hydrogens is 290 g/mol. The molecule has 3 nitrogen and oxygen atoms in total. The first-order valence-corrected chi connectivity index (χ1v) is 8.21. The van der Waals surface area contributed by atoms with Crippen LogP contribution in [0.25, 0.3) is 10.2 Å². The summed E-state index contributed by atoms with van der Waals surface area (Å²) in [4.78, 5) is 11.7. The van der Waals surface area contributed by atoms with E-state index in [0.717, 1.165) is 46.0 Å². The van der Waals surface area contributed by atoms with Gasteiger partial charge in [-0.2, -0.15) is 0 Å². The first-order valence-electron chi connectivity index (χ1n) is 7.02. The van der Waals surface area contributed by atoms with Crippen molar-refractivity contribution in [2.75, 3.05) is 6.54 Å². The average Bonchev–Trinajstić information content (AvgIpc) is 3.07. The molecule has 2 aromatic heterocycles. The van der Waals surface area contributed by atoms with E-state index in [1.807, 2.05) is 6.92 Å². The number of hydrogen-bond acceptors (Lipinski definition) is 4. The topological polar surface area (TPSA) is 37.3 Å². The molecule has 1 saturated carbocycles. The lowest BCUT2D eigenvalue weighted by molar-refractivity contribution is 0.773. The van der Waals surface area contributed by atoms with Crippen molar-refractivity contribution in [3.05, 3.63) is 26.7 Å². The predicted molar refractivity (Wildman–Crippen MR) is 85.1 cm³/mol. The molecule has 4 rings (SSSR count). The molecule has 0 saturated heterocycles. The van der Waals surface area contributed by atoms with Gasteiger partial charge in [0, 0.05) is 17.5 Å². The van der Waals surface area contributed by atoms with Crippen LogP contribution in [0.3, 0.4) is 0 Å². The van der Waals surface area contributed by atoms with E-state index in [0.29, 0.717) is 0 Å². The Morgan fingerprint density at radius 1 is 1.35 bits per heavy atom. The standard InChI is InChI=1S/C15H16ClN3S/c1-7-11-10-6-18-14(17-5-9-3-4-9)13(10)20-15(11)19-8(2)12(7)16/h9H,3-6H2,1-2H3,(H,17,18). The van der Waals surface area contributed by atoms with Gasteiger partial charge in [-0.1, -0.05) is 11.6 Å². The van der Waals surface area contributed by atoms with Crippen molar-refractivity contribution in [3.8, 4) is 0 Å².